The molecule has 31 heavy (non-hydrogen) atoms. The standard InChI is InChI=1S/C22H19Cl2N5O2/c1-13-6-8-15(9-7-13)29-21-16(12-25-29)22(31)28(14(2)26-21)11-10-19(30)27-18-5-3-4-17(23)20(18)24/h3-9,12H,10-11H2,1-2H3,(H,27,30). The van der Waals surface area contributed by atoms with Crippen molar-refractivity contribution in [3.8, 4) is 5.69 Å². The first kappa shape index (κ1) is 21.1. The summed E-state index contributed by atoms with van der Waals surface area (Å²) in [6.07, 6.45) is 1.58. The van der Waals surface area contributed by atoms with Crippen molar-refractivity contribution in [2.75, 3.05) is 5.32 Å². The van der Waals surface area contributed by atoms with E-state index in [0.29, 0.717) is 27.6 Å². The molecule has 1 N–H and O–H groups in total. The molecule has 158 valence electrons. The lowest BCUT2D eigenvalue weighted by molar-refractivity contribution is -0.116. The van der Waals surface area contributed by atoms with Crippen molar-refractivity contribution in [1.82, 2.24) is 19.3 Å². The van der Waals surface area contributed by atoms with E-state index in [1.807, 2.05) is 31.2 Å². The van der Waals surface area contributed by atoms with Crippen LogP contribution >= 0.6 is 23.2 Å². The largest absolute Gasteiger partial charge is 0.325 e. The van der Waals surface area contributed by atoms with Crippen molar-refractivity contribution in [3.05, 3.63) is 80.4 Å². The number of nitrogens with zero attached hydrogens (tertiary/aromatic N) is 4. The lowest BCUT2D eigenvalue weighted by atomic mass is 10.2. The van der Waals surface area contributed by atoms with Gasteiger partial charge in [0.05, 0.1) is 27.6 Å². The predicted octanol–water partition coefficient (Wildman–Crippen LogP) is 4.53. The third-order valence-electron chi connectivity index (χ3n) is 4.94. The van der Waals surface area contributed by atoms with E-state index < -0.39 is 0 Å². The van der Waals surface area contributed by atoms with E-state index >= 15 is 0 Å². The molecule has 0 unspecified atom stereocenters. The highest BCUT2D eigenvalue weighted by molar-refractivity contribution is 6.43. The molecule has 0 saturated carbocycles. The van der Waals surface area contributed by atoms with Gasteiger partial charge >= 0.3 is 0 Å². The number of nitrogens with one attached hydrogen (secondary N) is 1. The van der Waals surface area contributed by atoms with E-state index in [9.17, 15) is 9.59 Å². The Labute approximate surface area is 188 Å². The minimum Gasteiger partial charge on any atom is -0.325 e. The number of rotatable bonds is 5. The van der Waals surface area contributed by atoms with Gasteiger partial charge in [-0.05, 0) is 38.1 Å². The van der Waals surface area contributed by atoms with Gasteiger partial charge in [0, 0.05) is 13.0 Å². The molecule has 4 rings (SSSR count). The summed E-state index contributed by atoms with van der Waals surface area (Å²) in [5.74, 6) is 0.214. The number of halogens is 2. The lowest BCUT2D eigenvalue weighted by Gasteiger charge is -2.11. The second kappa shape index (κ2) is 8.53. The Morgan fingerprint density at radius 1 is 1.10 bits per heavy atom. The van der Waals surface area contributed by atoms with Crippen LogP contribution < -0.4 is 10.9 Å². The summed E-state index contributed by atoms with van der Waals surface area (Å²) in [5, 5.41) is 8.08. The van der Waals surface area contributed by atoms with Crippen LogP contribution in [0.4, 0.5) is 5.69 Å². The predicted molar refractivity (Wildman–Crippen MR) is 122 cm³/mol. The van der Waals surface area contributed by atoms with Crippen molar-refractivity contribution in [2.24, 2.45) is 0 Å². The average molecular weight is 456 g/mol. The zero-order chi connectivity index (χ0) is 22.1. The zero-order valence-corrected chi connectivity index (χ0v) is 18.4. The van der Waals surface area contributed by atoms with Crippen LogP contribution in [0.3, 0.4) is 0 Å². The molecule has 0 aliphatic carbocycles. The molecule has 2 aromatic carbocycles. The summed E-state index contributed by atoms with van der Waals surface area (Å²) in [7, 11) is 0. The number of carbonyl (C=O) groups excluding carboxylic acids is 1. The number of benzene rings is 2. The van der Waals surface area contributed by atoms with Crippen LogP contribution in [0.5, 0.6) is 0 Å². The first-order valence-electron chi connectivity index (χ1n) is 9.61. The third kappa shape index (κ3) is 4.19. The van der Waals surface area contributed by atoms with Gasteiger partial charge in [-0.3, -0.25) is 14.2 Å². The van der Waals surface area contributed by atoms with Gasteiger partial charge in [-0.2, -0.15) is 5.10 Å². The molecule has 0 aliphatic heterocycles. The van der Waals surface area contributed by atoms with E-state index in [2.05, 4.69) is 15.4 Å². The zero-order valence-electron chi connectivity index (χ0n) is 16.9. The summed E-state index contributed by atoms with van der Waals surface area (Å²) >= 11 is 12.1. The molecular weight excluding hydrogens is 437 g/mol. The van der Waals surface area contributed by atoms with Gasteiger partial charge < -0.3 is 5.32 Å². The Balaban J connectivity index is 1.57. The number of hydrogen-bond acceptors (Lipinski definition) is 4. The van der Waals surface area contributed by atoms with Crippen molar-refractivity contribution >= 4 is 45.8 Å². The van der Waals surface area contributed by atoms with E-state index in [4.69, 9.17) is 23.2 Å². The topological polar surface area (TPSA) is 81.8 Å². The third-order valence-corrected chi connectivity index (χ3v) is 5.76. The highest BCUT2D eigenvalue weighted by Gasteiger charge is 2.15. The van der Waals surface area contributed by atoms with Crippen LogP contribution in [-0.4, -0.2) is 25.2 Å². The Morgan fingerprint density at radius 3 is 2.58 bits per heavy atom. The van der Waals surface area contributed by atoms with Crippen LogP contribution in [0.1, 0.15) is 17.8 Å². The van der Waals surface area contributed by atoms with Gasteiger partial charge in [0.25, 0.3) is 5.56 Å². The SMILES string of the molecule is Cc1ccc(-n2ncc3c(=O)n(CCC(=O)Nc4cccc(Cl)c4Cl)c(C)nc32)cc1. The Hall–Kier alpha value is -3.16. The number of carbonyl (C=O) groups is 1. The first-order valence-corrected chi connectivity index (χ1v) is 10.4. The molecule has 9 heteroatoms. The smallest absolute Gasteiger partial charge is 0.264 e. The fraction of sp³-hybridized carbons (Fsp3) is 0.182. The van der Waals surface area contributed by atoms with Gasteiger partial charge in [0.15, 0.2) is 5.65 Å². The van der Waals surface area contributed by atoms with E-state index in [-0.39, 0.29) is 29.5 Å². The summed E-state index contributed by atoms with van der Waals surface area (Å²) < 4.78 is 3.12. The number of hydrogen-bond donors (Lipinski definition) is 1. The second-order valence-electron chi connectivity index (χ2n) is 7.14. The Morgan fingerprint density at radius 2 is 1.84 bits per heavy atom. The molecule has 4 aromatic rings. The minimum atomic E-state index is -0.286. The maximum atomic E-state index is 13.0. The monoisotopic (exact) mass is 455 g/mol. The van der Waals surface area contributed by atoms with Crippen LogP contribution in [0.15, 0.2) is 53.5 Å². The van der Waals surface area contributed by atoms with Crippen LogP contribution in [0.25, 0.3) is 16.7 Å². The highest BCUT2D eigenvalue weighted by Crippen LogP contribution is 2.29. The fourth-order valence-corrected chi connectivity index (χ4v) is 3.62. The average Bonchev–Trinajstić information content (AvgIpc) is 3.15. The molecular formula is C22H19Cl2N5O2. The summed E-state index contributed by atoms with van der Waals surface area (Å²) in [6, 6.07) is 12.8. The fourth-order valence-electron chi connectivity index (χ4n) is 3.27. The van der Waals surface area contributed by atoms with Crippen LogP contribution in [0.2, 0.25) is 10.0 Å². The second-order valence-corrected chi connectivity index (χ2v) is 7.93. The Kier molecular flexibility index (Phi) is 5.80. The van der Waals surface area contributed by atoms with E-state index in [0.717, 1.165) is 11.3 Å². The van der Waals surface area contributed by atoms with Gasteiger partial charge in [0.1, 0.15) is 11.2 Å². The summed E-state index contributed by atoms with van der Waals surface area (Å²) in [6.45, 7) is 3.91. The van der Waals surface area contributed by atoms with Crippen LogP contribution in [-0.2, 0) is 11.3 Å². The number of anilines is 1. The van der Waals surface area contributed by atoms with Crippen molar-refractivity contribution in [3.63, 3.8) is 0 Å². The number of aryl methyl sites for hydroxylation is 2. The highest BCUT2D eigenvalue weighted by atomic mass is 35.5. The quantitative estimate of drug-likeness (QED) is 0.478. The molecule has 0 fully saturated rings. The van der Waals surface area contributed by atoms with E-state index in [1.165, 1.54) is 10.8 Å². The molecule has 0 aliphatic rings. The molecule has 0 atom stereocenters. The van der Waals surface area contributed by atoms with Crippen molar-refractivity contribution < 1.29 is 4.79 Å². The van der Waals surface area contributed by atoms with E-state index in [1.54, 1.807) is 29.8 Å². The summed E-state index contributed by atoms with van der Waals surface area (Å²) in [5.41, 5.74) is 2.62. The van der Waals surface area contributed by atoms with Crippen molar-refractivity contribution in [1.29, 1.82) is 0 Å². The summed E-state index contributed by atoms with van der Waals surface area (Å²) in [4.78, 5) is 30.0. The molecule has 2 heterocycles. The van der Waals surface area contributed by atoms with Gasteiger partial charge in [-0.15, -0.1) is 0 Å². The van der Waals surface area contributed by atoms with Gasteiger partial charge in [-0.25, -0.2) is 9.67 Å². The molecule has 0 saturated heterocycles. The van der Waals surface area contributed by atoms with Gasteiger partial charge in [-0.1, -0.05) is 47.0 Å². The normalized spacial score (nSPS) is 11.1. The molecule has 1 amide bonds. The van der Waals surface area contributed by atoms with Gasteiger partial charge in [0.2, 0.25) is 5.91 Å². The maximum Gasteiger partial charge on any atom is 0.264 e. The first-order chi connectivity index (χ1) is 14.8. The number of fused-ring (bicyclic) bond motifs is 1. The maximum absolute atomic E-state index is 13.0. The Bertz CT molecular complexity index is 1340. The van der Waals surface area contributed by atoms with Crippen molar-refractivity contribution in [2.45, 2.75) is 26.8 Å². The molecule has 0 bridgehead atoms. The molecule has 0 radical (unpaired) electrons. The molecule has 2 aromatic heterocycles. The number of amides is 1. The lowest BCUT2D eigenvalue weighted by Crippen LogP contribution is -2.26. The molecule has 7 nitrogen and oxygen atoms in total. The van der Waals surface area contributed by atoms with Crippen LogP contribution in [0, 0.1) is 13.8 Å². The molecule has 0 spiro atoms. The minimum absolute atomic E-state index is 0.0723. The number of aromatic nitrogens is 4.